The van der Waals surface area contributed by atoms with Crippen molar-refractivity contribution < 1.29 is 17.1 Å². The monoisotopic (exact) mass is 247 g/mol. The maximum Gasteiger partial charge on any atom is 2.00 e. The molecule has 0 amide bonds. The fraction of sp³-hybridized carbons (Fsp3) is 0. The van der Waals surface area contributed by atoms with E-state index in [0.29, 0.717) is 13.1 Å². The Balaban J connectivity index is -0.0000000400. The molecule has 41 valence electrons. The Morgan fingerprint density at radius 3 is 1.00 bits per heavy atom. The van der Waals surface area contributed by atoms with Crippen LogP contribution in [0.15, 0.2) is 0 Å². The maximum absolute atomic E-state index is 4.23. The van der Waals surface area contributed by atoms with Crippen LogP contribution in [0.25, 0.3) is 0 Å². The van der Waals surface area contributed by atoms with Gasteiger partial charge < -0.3 is 0 Å². The third kappa shape index (κ3) is 63.4. The van der Waals surface area contributed by atoms with Gasteiger partial charge in [-0.25, -0.2) is 0 Å². The van der Waals surface area contributed by atoms with Gasteiger partial charge in [0.05, 0.1) is 0 Å². The first kappa shape index (κ1) is 16.1. The van der Waals surface area contributed by atoms with Crippen LogP contribution in [0.4, 0.5) is 0 Å². The summed E-state index contributed by atoms with van der Waals surface area (Å²) in [6.07, 6.45) is 0. The van der Waals surface area contributed by atoms with Gasteiger partial charge in [0.15, 0.2) is 0 Å². The van der Waals surface area contributed by atoms with Crippen molar-refractivity contribution in [3.63, 3.8) is 0 Å². The maximum atomic E-state index is 4.23. The van der Waals surface area contributed by atoms with E-state index < -0.39 is 0 Å². The van der Waals surface area contributed by atoms with E-state index in [0.717, 1.165) is 0 Å². The summed E-state index contributed by atoms with van der Waals surface area (Å²) < 4.78 is 0. The van der Waals surface area contributed by atoms with Crippen LogP contribution in [-0.2, 0) is 40.7 Å². The predicted octanol–water partition coefficient (Wildman–Crippen LogP) is 2.48. The summed E-state index contributed by atoms with van der Waals surface area (Å²) in [4.78, 5) is 0. The molecular formula is H2MnP2S4+2. The van der Waals surface area contributed by atoms with Crippen LogP contribution in [0, 0.1) is 0 Å². The molecule has 0 nitrogen and oxygen atoms in total. The van der Waals surface area contributed by atoms with E-state index in [1.165, 1.54) is 0 Å². The average molecular weight is 247 g/mol. The topological polar surface area (TPSA) is 0 Å². The fourth-order valence-electron chi connectivity index (χ4n) is 0. The van der Waals surface area contributed by atoms with Gasteiger partial charge in [0.25, 0.3) is 0 Å². The smallest absolute Gasteiger partial charge is 0.108 e. The van der Waals surface area contributed by atoms with Gasteiger partial charge >= 0.3 is 17.1 Å². The second kappa shape index (κ2) is 24.0. The van der Waals surface area contributed by atoms with Gasteiger partial charge in [-0.3, -0.25) is 0 Å². The summed E-state index contributed by atoms with van der Waals surface area (Å²) in [5, 5.41) is 0. The first-order chi connectivity index (χ1) is 2.83. The number of hydrogen-bond acceptors (Lipinski definition) is 2. The first-order valence-electron chi connectivity index (χ1n) is 0.765. The molecule has 1 radical (unpaired) electrons. The van der Waals surface area contributed by atoms with Crippen molar-refractivity contribution in [1.29, 1.82) is 0 Å². The minimum atomic E-state index is 0. The van der Waals surface area contributed by atoms with Gasteiger partial charge in [-0.1, -0.05) is 0 Å². The van der Waals surface area contributed by atoms with Crippen molar-refractivity contribution in [3.8, 4) is 0 Å². The summed E-state index contributed by atoms with van der Waals surface area (Å²) in [6, 6.07) is 0. The number of hydrogen-bond donors (Lipinski definition) is 2. The van der Waals surface area contributed by atoms with Gasteiger partial charge in [-0.2, -0.15) is 0 Å². The summed E-state index contributed by atoms with van der Waals surface area (Å²) in [7, 11) is 0. The first-order valence-corrected chi connectivity index (χ1v) is 6.89. The predicted molar refractivity (Wildman–Crippen MR) is 46.5 cm³/mol. The molecule has 0 N–H and O–H groups in total. The van der Waals surface area contributed by atoms with Crippen LogP contribution in [0.5, 0.6) is 0 Å². The molecule has 0 spiro atoms. The van der Waals surface area contributed by atoms with Crippen LogP contribution in [-0.4, -0.2) is 0 Å². The quantitative estimate of drug-likeness (QED) is 0.383. The normalized spacial score (nSPS) is 6.00. The summed E-state index contributed by atoms with van der Waals surface area (Å²) >= 11 is 15.6. The van der Waals surface area contributed by atoms with Crippen LogP contribution in [0.2, 0.25) is 0 Å². The van der Waals surface area contributed by atoms with Crippen LogP contribution < -0.4 is 0 Å². The zero-order chi connectivity index (χ0) is 5.41. The molecule has 0 saturated heterocycles. The molecule has 7 heavy (non-hydrogen) atoms. The van der Waals surface area contributed by atoms with Crippen molar-refractivity contribution in [2.75, 3.05) is 0 Å². The third-order valence-corrected chi connectivity index (χ3v) is 0. The Hall–Kier alpha value is 2.26. The molecular weight excluding hydrogens is 245 g/mol. The van der Waals surface area contributed by atoms with Gasteiger partial charge in [-0.15, -0.1) is 24.5 Å². The van der Waals surface area contributed by atoms with Crippen molar-refractivity contribution in [3.05, 3.63) is 0 Å². The summed E-state index contributed by atoms with van der Waals surface area (Å²) in [5.41, 5.74) is 0. The van der Waals surface area contributed by atoms with Gasteiger partial charge in [-0.05, 0) is 23.6 Å². The SMILES string of the molecule is S=PS.S=PS.[Mn+2]. The molecule has 0 heterocycles. The molecule has 0 aromatic rings. The van der Waals surface area contributed by atoms with E-state index in [2.05, 4.69) is 48.1 Å². The Morgan fingerprint density at radius 1 is 1.00 bits per heavy atom. The zero-order valence-electron chi connectivity index (χ0n) is 2.98. The minimum absolute atomic E-state index is 0. The average Bonchev–Trinajstić information content (AvgIpc) is 1.39. The molecule has 0 aliphatic heterocycles. The molecule has 0 saturated carbocycles. The van der Waals surface area contributed by atoms with E-state index in [1.807, 2.05) is 0 Å². The van der Waals surface area contributed by atoms with Gasteiger partial charge in [0, 0.05) is 13.1 Å². The Morgan fingerprint density at radius 2 is 1.00 bits per heavy atom. The summed E-state index contributed by atoms with van der Waals surface area (Å²) in [5.74, 6) is 0. The number of thiol groups is 2. The second-order valence-corrected chi connectivity index (χ2v) is 4.41. The van der Waals surface area contributed by atoms with Gasteiger partial charge in [0.1, 0.15) is 0 Å². The van der Waals surface area contributed by atoms with Crippen molar-refractivity contribution >= 4 is 61.2 Å². The van der Waals surface area contributed by atoms with Gasteiger partial charge in [0.2, 0.25) is 0 Å². The molecule has 0 fully saturated rings. The molecule has 0 aliphatic rings. The van der Waals surface area contributed by atoms with E-state index in [-0.39, 0.29) is 17.1 Å². The van der Waals surface area contributed by atoms with E-state index in [9.17, 15) is 0 Å². The second-order valence-electron chi connectivity index (χ2n) is 0.163. The minimum Gasteiger partial charge on any atom is -0.108 e. The summed E-state index contributed by atoms with van der Waals surface area (Å²) in [6.45, 7) is 1.39. The van der Waals surface area contributed by atoms with Crippen LogP contribution in [0.3, 0.4) is 0 Å². The molecule has 0 aromatic heterocycles. The molecule has 0 atom stereocenters. The number of rotatable bonds is 0. The van der Waals surface area contributed by atoms with Crippen LogP contribution >= 0.6 is 37.6 Å². The standard InChI is InChI=1S/Mn.2HPS2/c;2*2-1-3/h;2*(H,2,3)/q+2;;. The van der Waals surface area contributed by atoms with Crippen molar-refractivity contribution in [1.82, 2.24) is 0 Å². The fourth-order valence-corrected chi connectivity index (χ4v) is 0. The third-order valence-electron chi connectivity index (χ3n) is 0. The molecule has 0 aromatic carbocycles. The molecule has 0 unspecified atom stereocenters. The largest absolute Gasteiger partial charge is 2.00 e. The Kier molecular flexibility index (Phi) is 55.3. The molecule has 0 bridgehead atoms. The molecule has 7 heteroatoms. The Bertz CT molecular complexity index is 30.7. The van der Waals surface area contributed by atoms with E-state index in [1.54, 1.807) is 0 Å². The zero-order valence-corrected chi connectivity index (χ0v) is 9.37. The Labute approximate surface area is 77.7 Å². The molecule has 0 rings (SSSR count). The van der Waals surface area contributed by atoms with Crippen molar-refractivity contribution in [2.24, 2.45) is 0 Å². The molecule has 0 aliphatic carbocycles. The van der Waals surface area contributed by atoms with Crippen LogP contribution in [0.1, 0.15) is 0 Å². The van der Waals surface area contributed by atoms with E-state index in [4.69, 9.17) is 0 Å². The van der Waals surface area contributed by atoms with E-state index >= 15 is 0 Å². The van der Waals surface area contributed by atoms with Crippen molar-refractivity contribution in [2.45, 2.75) is 0 Å².